The average Bonchev–Trinajstić information content (AvgIpc) is 3.46. The molecule has 0 atom stereocenters. The lowest BCUT2D eigenvalue weighted by Gasteiger charge is -2.13. The molecular weight excluding hydrogens is 423 g/mol. The number of carbonyl (C=O) groups is 1. The maximum Gasteiger partial charge on any atom is 0.251 e. The Balaban J connectivity index is 1.72. The number of nitrogens with one attached hydrogen (secondary N) is 2. The Morgan fingerprint density at radius 2 is 1.86 bits per heavy atom. The topological polar surface area (TPSA) is 84.5 Å². The molecule has 0 saturated heterocycles. The van der Waals surface area contributed by atoms with Crippen molar-refractivity contribution in [3.8, 4) is 5.75 Å². The van der Waals surface area contributed by atoms with Crippen LogP contribution in [0.15, 0.2) is 41.3 Å². The van der Waals surface area contributed by atoms with E-state index in [9.17, 15) is 13.2 Å². The third-order valence-electron chi connectivity index (χ3n) is 4.34. The summed E-state index contributed by atoms with van der Waals surface area (Å²) in [6.07, 6.45) is 2.08. The molecule has 0 unspecified atom stereocenters. The third-order valence-corrected chi connectivity index (χ3v) is 6.59. The standard InChI is InChI=1S/C19H20Cl2N2O4S/c1-27-17-8-5-12(11-18(17)28(25,26)23-13-6-7-13)19(24)22-10-9-14-15(20)3-2-4-16(14)21/h2-5,8,11,13,23H,6-7,9-10H2,1H3,(H,22,24). The van der Waals surface area contributed by atoms with Crippen LogP contribution in [-0.4, -0.2) is 34.0 Å². The first kappa shape index (κ1) is 20.9. The van der Waals surface area contributed by atoms with Gasteiger partial charge in [0.2, 0.25) is 10.0 Å². The van der Waals surface area contributed by atoms with E-state index in [2.05, 4.69) is 10.0 Å². The fraction of sp³-hybridized carbons (Fsp3) is 0.316. The van der Waals surface area contributed by atoms with E-state index in [1.54, 1.807) is 18.2 Å². The number of sulfonamides is 1. The number of carbonyl (C=O) groups excluding carboxylic acids is 1. The molecule has 0 radical (unpaired) electrons. The van der Waals surface area contributed by atoms with Gasteiger partial charge in [-0.05, 0) is 55.2 Å². The zero-order valence-corrected chi connectivity index (χ0v) is 17.5. The molecule has 1 amide bonds. The van der Waals surface area contributed by atoms with Gasteiger partial charge < -0.3 is 10.1 Å². The second-order valence-electron chi connectivity index (χ2n) is 6.47. The number of amides is 1. The summed E-state index contributed by atoms with van der Waals surface area (Å²) in [5.74, 6) is -0.207. The second-order valence-corrected chi connectivity index (χ2v) is 8.96. The molecule has 28 heavy (non-hydrogen) atoms. The van der Waals surface area contributed by atoms with E-state index < -0.39 is 15.9 Å². The molecule has 2 aromatic rings. The minimum atomic E-state index is -3.76. The highest BCUT2D eigenvalue weighted by Gasteiger charge is 2.30. The molecule has 1 aliphatic rings. The SMILES string of the molecule is COc1ccc(C(=O)NCCc2c(Cl)cccc2Cl)cc1S(=O)(=O)NC1CC1. The van der Waals surface area contributed by atoms with Gasteiger partial charge in [0.1, 0.15) is 10.6 Å². The minimum Gasteiger partial charge on any atom is -0.495 e. The minimum absolute atomic E-state index is 0.0486. The summed E-state index contributed by atoms with van der Waals surface area (Å²) in [7, 11) is -2.37. The molecule has 2 N–H and O–H groups in total. The van der Waals surface area contributed by atoms with E-state index in [1.165, 1.54) is 25.3 Å². The lowest BCUT2D eigenvalue weighted by atomic mass is 10.1. The van der Waals surface area contributed by atoms with E-state index in [1.807, 2.05) is 0 Å². The van der Waals surface area contributed by atoms with Gasteiger partial charge in [-0.1, -0.05) is 29.3 Å². The molecule has 9 heteroatoms. The van der Waals surface area contributed by atoms with Crippen LogP contribution in [0.5, 0.6) is 5.75 Å². The first-order valence-corrected chi connectivity index (χ1v) is 11.0. The largest absolute Gasteiger partial charge is 0.495 e. The summed E-state index contributed by atoms with van der Waals surface area (Å²) in [6.45, 7) is 0.302. The van der Waals surface area contributed by atoms with Gasteiger partial charge in [0.25, 0.3) is 5.91 Å². The molecule has 1 fully saturated rings. The van der Waals surface area contributed by atoms with Crippen LogP contribution in [0.3, 0.4) is 0 Å². The number of methoxy groups -OCH3 is 1. The van der Waals surface area contributed by atoms with Crippen LogP contribution < -0.4 is 14.8 Å². The zero-order chi connectivity index (χ0) is 20.3. The molecule has 150 valence electrons. The first-order chi connectivity index (χ1) is 13.3. The zero-order valence-electron chi connectivity index (χ0n) is 15.2. The van der Waals surface area contributed by atoms with E-state index in [-0.39, 0.29) is 22.3 Å². The summed E-state index contributed by atoms with van der Waals surface area (Å²) in [6, 6.07) is 9.49. The summed E-state index contributed by atoms with van der Waals surface area (Å²) in [5, 5.41) is 3.83. The second kappa shape index (κ2) is 8.69. The summed E-state index contributed by atoms with van der Waals surface area (Å²) >= 11 is 12.3. The highest BCUT2D eigenvalue weighted by Crippen LogP contribution is 2.28. The lowest BCUT2D eigenvalue weighted by molar-refractivity contribution is 0.0954. The summed E-state index contributed by atoms with van der Waals surface area (Å²) in [4.78, 5) is 12.4. The van der Waals surface area contributed by atoms with Crippen molar-refractivity contribution in [3.63, 3.8) is 0 Å². The van der Waals surface area contributed by atoms with Gasteiger partial charge in [0.05, 0.1) is 7.11 Å². The van der Waals surface area contributed by atoms with Crippen molar-refractivity contribution in [2.45, 2.75) is 30.2 Å². The molecule has 0 aliphatic heterocycles. The quantitative estimate of drug-likeness (QED) is 0.655. The van der Waals surface area contributed by atoms with Crippen molar-refractivity contribution in [3.05, 3.63) is 57.6 Å². The van der Waals surface area contributed by atoms with Crippen LogP contribution in [0.2, 0.25) is 10.0 Å². The molecule has 3 rings (SSSR count). The molecule has 0 spiro atoms. The average molecular weight is 443 g/mol. The Hall–Kier alpha value is -1.80. The van der Waals surface area contributed by atoms with Crippen LogP contribution in [0.25, 0.3) is 0 Å². The first-order valence-electron chi connectivity index (χ1n) is 8.73. The predicted octanol–water partition coefficient (Wildman–Crippen LogP) is 3.42. The molecule has 1 aliphatic carbocycles. The Morgan fingerprint density at radius 3 is 2.46 bits per heavy atom. The molecule has 0 aromatic heterocycles. The normalized spacial score (nSPS) is 14.0. The highest BCUT2D eigenvalue weighted by atomic mass is 35.5. The maximum absolute atomic E-state index is 12.6. The van der Waals surface area contributed by atoms with Crippen molar-refractivity contribution in [1.82, 2.24) is 10.0 Å². The monoisotopic (exact) mass is 442 g/mol. The number of halogens is 2. The van der Waals surface area contributed by atoms with E-state index in [0.29, 0.717) is 23.0 Å². The maximum atomic E-state index is 12.6. The molecule has 1 saturated carbocycles. The summed E-state index contributed by atoms with van der Waals surface area (Å²) in [5.41, 5.74) is 0.972. The van der Waals surface area contributed by atoms with Crippen molar-refractivity contribution >= 4 is 39.1 Å². The third kappa shape index (κ3) is 4.97. The van der Waals surface area contributed by atoms with Crippen LogP contribution in [0.4, 0.5) is 0 Å². The number of ether oxygens (including phenoxy) is 1. The fourth-order valence-electron chi connectivity index (χ4n) is 2.69. The van der Waals surface area contributed by atoms with E-state index in [0.717, 1.165) is 18.4 Å². The number of benzene rings is 2. The van der Waals surface area contributed by atoms with Gasteiger partial charge in [-0.15, -0.1) is 0 Å². The molecule has 0 bridgehead atoms. The summed E-state index contributed by atoms with van der Waals surface area (Å²) < 4.78 is 32.9. The van der Waals surface area contributed by atoms with E-state index in [4.69, 9.17) is 27.9 Å². The van der Waals surface area contributed by atoms with Gasteiger partial charge in [-0.25, -0.2) is 13.1 Å². The lowest BCUT2D eigenvalue weighted by Crippen LogP contribution is -2.28. The van der Waals surface area contributed by atoms with Gasteiger partial charge in [-0.2, -0.15) is 0 Å². The smallest absolute Gasteiger partial charge is 0.251 e. The van der Waals surface area contributed by atoms with Crippen LogP contribution >= 0.6 is 23.2 Å². The predicted molar refractivity (Wildman–Crippen MR) is 109 cm³/mol. The van der Waals surface area contributed by atoms with Crippen LogP contribution in [-0.2, 0) is 16.4 Å². The molecule has 2 aromatic carbocycles. The Labute approximate surface area is 174 Å². The molecule has 0 heterocycles. The number of rotatable bonds is 8. The Morgan fingerprint density at radius 1 is 1.18 bits per heavy atom. The molecular formula is C19H20Cl2N2O4S. The van der Waals surface area contributed by atoms with Crippen molar-refractivity contribution < 1.29 is 17.9 Å². The Bertz CT molecular complexity index is 971. The number of hydrogen-bond donors (Lipinski definition) is 2. The highest BCUT2D eigenvalue weighted by molar-refractivity contribution is 7.89. The van der Waals surface area contributed by atoms with E-state index >= 15 is 0 Å². The van der Waals surface area contributed by atoms with Crippen molar-refractivity contribution in [1.29, 1.82) is 0 Å². The van der Waals surface area contributed by atoms with Gasteiger partial charge in [0.15, 0.2) is 0 Å². The van der Waals surface area contributed by atoms with Gasteiger partial charge in [-0.3, -0.25) is 4.79 Å². The van der Waals surface area contributed by atoms with Gasteiger partial charge in [0, 0.05) is 28.2 Å². The fourth-order valence-corrected chi connectivity index (χ4v) is 4.77. The van der Waals surface area contributed by atoms with Crippen molar-refractivity contribution in [2.75, 3.05) is 13.7 Å². The Kier molecular flexibility index (Phi) is 6.50. The van der Waals surface area contributed by atoms with Gasteiger partial charge >= 0.3 is 0 Å². The van der Waals surface area contributed by atoms with Crippen molar-refractivity contribution in [2.24, 2.45) is 0 Å². The van der Waals surface area contributed by atoms with Crippen LogP contribution in [0.1, 0.15) is 28.8 Å². The molecule has 6 nitrogen and oxygen atoms in total. The number of hydrogen-bond acceptors (Lipinski definition) is 4. The van der Waals surface area contributed by atoms with Crippen LogP contribution in [0, 0.1) is 0 Å².